The maximum Gasteiger partial charge on any atom is 0.271 e. The zero-order valence-electron chi connectivity index (χ0n) is 15.4. The molecule has 1 N–H and O–H groups in total. The van der Waals surface area contributed by atoms with Crippen LogP contribution in [0.25, 0.3) is 0 Å². The average Bonchev–Trinajstić information content (AvgIpc) is 2.83. The molecule has 2 heterocycles. The van der Waals surface area contributed by atoms with Crippen LogP contribution in [0.5, 0.6) is 0 Å². The van der Waals surface area contributed by atoms with Crippen molar-refractivity contribution >= 4 is 5.91 Å². The lowest BCUT2D eigenvalue weighted by molar-refractivity contribution is 0.0957. The number of amides is 1. The highest BCUT2D eigenvalue weighted by Crippen LogP contribution is 2.27. The molecule has 4 rings (SSSR count). The Bertz CT molecular complexity index is 783. The third kappa shape index (κ3) is 3.63. The van der Waals surface area contributed by atoms with E-state index in [0.29, 0.717) is 5.69 Å². The van der Waals surface area contributed by atoms with E-state index in [-0.39, 0.29) is 5.91 Å². The van der Waals surface area contributed by atoms with Gasteiger partial charge in [0.05, 0.1) is 11.9 Å². The van der Waals surface area contributed by atoms with Crippen LogP contribution in [-0.4, -0.2) is 47.0 Å². The highest BCUT2D eigenvalue weighted by Gasteiger charge is 2.26. The summed E-state index contributed by atoms with van der Waals surface area (Å²) in [6, 6.07) is 7.68. The monoisotopic (exact) mass is 350 g/mol. The molecule has 0 spiro atoms. The standard InChI is InChI=1S/C21H26N4O/c1-22-21(26)20-14-23-18(13-24-20)12-15-5-6-16-7-9-25(19-3-2-4-19)10-8-17(16)11-15/h5-6,11,13-14,19H,2-4,7-10,12H2,1H3,(H,22,26). The maximum atomic E-state index is 11.6. The molecule has 0 unspecified atom stereocenters. The fourth-order valence-corrected chi connectivity index (χ4v) is 3.92. The lowest BCUT2D eigenvalue weighted by Crippen LogP contribution is -2.41. The van der Waals surface area contributed by atoms with Gasteiger partial charge < -0.3 is 5.32 Å². The van der Waals surface area contributed by atoms with E-state index in [9.17, 15) is 4.79 Å². The molecule has 0 saturated heterocycles. The van der Waals surface area contributed by atoms with Crippen LogP contribution in [-0.2, 0) is 19.3 Å². The van der Waals surface area contributed by atoms with Gasteiger partial charge in [-0.05, 0) is 42.4 Å². The Morgan fingerprint density at radius 2 is 1.96 bits per heavy atom. The first-order valence-electron chi connectivity index (χ1n) is 9.60. The van der Waals surface area contributed by atoms with Gasteiger partial charge in [0.15, 0.2) is 0 Å². The summed E-state index contributed by atoms with van der Waals surface area (Å²) in [4.78, 5) is 22.9. The van der Waals surface area contributed by atoms with Crippen molar-refractivity contribution in [2.75, 3.05) is 20.1 Å². The van der Waals surface area contributed by atoms with E-state index in [2.05, 4.69) is 38.4 Å². The molecule has 1 saturated carbocycles. The molecular weight excluding hydrogens is 324 g/mol. The summed E-state index contributed by atoms with van der Waals surface area (Å²) >= 11 is 0. The van der Waals surface area contributed by atoms with Crippen molar-refractivity contribution in [1.82, 2.24) is 20.2 Å². The van der Waals surface area contributed by atoms with Gasteiger partial charge in [-0.25, -0.2) is 4.98 Å². The maximum absolute atomic E-state index is 11.6. The molecule has 1 aromatic heterocycles. The first-order valence-corrected chi connectivity index (χ1v) is 9.60. The molecule has 2 aliphatic rings. The van der Waals surface area contributed by atoms with E-state index >= 15 is 0 Å². The molecule has 0 atom stereocenters. The number of carbonyl (C=O) groups is 1. The van der Waals surface area contributed by atoms with Crippen LogP contribution in [0, 0.1) is 0 Å². The van der Waals surface area contributed by atoms with Crippen LogP contribution < -0.4 is 5.32 Å². The second kappa shape index (κ2) is 7.54. The molecule has 5 nitrogen and oxygen atoms in total. The fourth-order valence-electron chi connectivity index (χ4n) is 3.92. The normalized spacial score (nSPS) is 17.9. The van der Waals surface area contributed by atoms with Crippen molar-refractivity contribution in [2.45, 2.75) is 44.6 Å². The molecule has 26 heavy (non-hydrogen) atoms. The van der Waals surface area contributed by atoms with Crippen LogP contribution in [0.4, 0.5) is 0 Å². The summed E-state index contributed by atoms with van der Waals surface area (Å²) in [5, 5.41) is 2.56. The predicted octanol–water partition coefficient (Wildman–Crippen LogP) is 2.38. The van der Waals surface area contributed by atoms with Gasteiger partial charge in [-0.3, -0.25) is 14.7 Å². The van der Waals surface area contributed by atoms with Crippen molar-refractivity contribution in [2.24, 2.45) is 0 Å². The number of carbonyl (C=O) groups excluding carboxylic acids is 1. The van der Waals surface area contributed by atoms with Crippen molar-refractivity contribution in [3.8, 4) is 0 Å². The summed E-state index contributed by atoms with van der Waals surface area (Å²) in [5.41, 5.74) is 5.50. The molecule has 0 radical (unpaired) electrons. The summed E-state index contributed by atoms with van der Waals surface area (Å²) in [6.45, 7) is 2.38. The number of rotatable bonds is 4. The first-order chi connectivity index (χ1) is 12.7. The molecule has 136 valence electrons. The Kier molecular flexibility index (Phi) is 4.98. The summed E-state index contributed by atoms with van der Waals surface area (Å²) in [7, 11) is 1.60. The number of aromatic nitrogens is 2. The molecular formula is C21H26N4O. The Morgan fingerprint density at radius 1 is 1.15 bits per heavy atom. The highest BCUT2D eigenvalue weighted by molar-refractivity contribution is 5.91. The Morgan fingerprint density at radius 3 is 2.62 bits per heavy atom. The van der Waals surface area contributed by atoms with Gasteiger partial charge in [0.2, 0.25) is 0 Å². The number of nitrogens with one attached hydrogen (secondary N) is 1. The van der Waals surface area contributed by atoms with Gasteiger partial charge in [0, 0.05) is 38.8 Å². The number of hydrogen-bond acceptors (Lipinski definition) is 4. The molecule has 1 aliphatic carbocycles. The smallest absolute Gasteiger partial charge is 0.271 e. The van der Waals surface area contributed by atoms with Crippen LogP contribution in [0.1, 0.15) is 52.1 Å². The van der Waals surface area contributed by atoms with Gasteiger partial charge in [-0.1, -0.05) is 24.6 Å². The number of fused-ring (bicyclic) bond motifs is 1. The lowest BCUT2D eigenvalue weighted by atomic mass is 9.91. The molecule has 2 aromatic rings. The second-order valence-corrected chi connectivity index (χ2v) is 7.37. The van der Waals surface area contributed by atoms with E-state index in [0.717, 1.165) is 31.0 Å². The molecule has 1 aliphatic heterocycles. The summed E-state index contributed by atoms with van der Waals surface area (Å²) in [6.07, 6.45) is 10.5. The molecule has 1 aromatic carbocycles. The average molecular weight is 350 g/mol. The van der Waals surface area contributed by atoms with Crippen LogP contribution in [0.2, 0.25) is 0 Å². The van der Waals surface area contributed by atoms with Crippen molar-refractivity contribution in [3.63, 3.8) is 0 Å². The van der Waals surface area contributed by atoms with Crippen molar-refractivity contribution in [3.05, 3.63) is 58.7 Å². The Hall–Kier alpha value is -2.27. The summed E-state index contributed by atoms with van der Waals surface area (Å²) < 4.78 is 0. The van der Waals surface area contributed by atoms with Crippen molar-refractivity contribution in [1.29, 1.82) is 0 Å². The lowest BCUT2D eigenvalue weighted by Gasteiger charge is -2.36. The fraction of sp³-hybridized carbons (Fsp3) is 0.476. The van der Waals surface area contributed by atoms with Gasteiger partial charge in [-0.2, -0.15) is 0 Å². The third-order valence-corrected chi connectivity index (χ3v) is 5.75. The largest absolute Gasteiger partial charge is 0.354 e. The molecule has 1 amide bonds. The predicted molar refractivity (Wildman–Crippen MR) is 101 cm³/mol. The topological polar surface area (TPSA) is 58.1 Å². The van der Waals surface area contributed by atoms with Crippen molar-refractivity contribution < 1.29 is 4.79 Å². The zero-order valence-corrected chi connectivity index (χ0v) is 15.4. The molecule has 1 fully saturated rings. The Balaban J connectivity index is 1.44. The second-order valence-electron chi connectivity index (χ2n) is 7.37. The SMILES string of the molecule is CNC(=O)c1cnc(Cc2ccc3c(c2)CCN(C2CCC2)CC3)cn1. The summed E-state index contributed by atoms with van der Waals surface area (Å²) in [5.74, 6) is -0.204. The van der Waals surface area contributed by atoms with E-state index < -0.39 is 0 Å². The quantitative estimate of drug-likeness (QED) is 0.920. The molecule has 5 heteroatoms. The van der Waals surface area contributed by atoms with Gasteiger partial charge >= 0.3 is 0 Å². The molecule has 0 bridgehead atoms. The van der Waals surface area contributed by atoms with Gasteiger partial charge in [-0.15, -0.1) is 0 Å². The number of hydrogen-bond donors (Lipinski definition) is 1. The van der Waals surface area contributed by atoms with Crippen LogP contribution in [0.15, 0.2) is 30.6 Å². The van der Waals surface area contributed by atoms with Gasteiger partial charge in [0.25, 0.3) is 5.91 Å². The van der Waals surface area contributed by atoms with E-state index in [1.807, 2.05) is 0 Å². The Labute approximate surface area is 154 Å². The van der Waals surface area contributed by atoms with E-state index in [1.54, 1.807) is 19.4 Å². The minimum absolute atomic E-state index is 0.204. The van der Waals surface area contributed by atoms with Crippen LogP contribution in [0.3, 0.4) is 0 Å². The first kappa shape index (κ1) is 17.2. The highest BCUT2D eigenvalue weighted by atomic mass is 16.1. The minimum Gasteiger partial charge on any atom is -0.354 e. The third-order valence-electron chi connectivity index (χ3n) is 5.75. The van der Waals surface area contributed by atoms with Gasteiger partial charge in [0.1, 0.15) is 5.69 Å². The van der Waals surface area contributed by atoms with E-state index in [1.165, 1.54) is 49.0 Å². The minimum atomic E-state index is -0.204. The van der Waals surface area contributed by atoms with E-state index in [4.69, 9.17) is 0 Å². The van der Waals surface area contributed by atoms with Crippen LogP contribution >= 0.6 is 0 Å². The number of nitrogens with zero attached hydrogens (tertiary/aromatic N) is 3. The number of benzene rings is 1. The zero-order chi connectivity index (χ0) is 17.9.